The van der Waals surface area contributed by atoms with Crippen LogP contribution in [0.5, 0.6) is 5.75 Å². The number of fused-ring (bicyclic) bond motifs is 1. The summed E-state index contributed by atoms with van der Waals surface area (Å²) in [6.45, 7) is 7.01. The lowest BCUT2D eigenvalue weighted by atomic mass is 9.94. The quantitative estimate of drug-likeness (QED) is 0.217. The van der Waals surface area contributed by atoms with Crippen LogP contribution in [0.15, 0.2) is 87.8 Å². The molecule has 0 spiro atoms. The second-order valence-electron chi connectivity index (χ2n) is 9.67. The predicted molar refractivity (Wildman–Crippen MR) is 170 cm³/mol. The van der Waals surface area contributed by atoms with Crippen LogP contribution in [-0.4, -0.2) is 28.5 Å². The summed E-state index contributed by atoms with van der Waals surface area (Å²) in [5.74, 6) is 0.451. The van der Waals surface area contributed by atoms with Crippen LogP contribution >= 0.6 is 46.1 Å². The molecular formula is C32H28Cl3N3O3S. The number of thiazole rings is 1. The molecule has 1 aromatic heterocycles. The van der Waals surface area contributed by atoms with Crippen molar-refractivity contribution in [2.45, 2.75) is 33.4 Å². The Morgan fingerprint density at radius 2 is 1.71 bits per heavy atom. The van der Waals surface area contributed by atoms with Gasteiger partial charge in [0, 0.05) is 39.3 Å². The molecule has 10 heteroatoms. The van der Waals surface area contributed by atoms with Crippen LogP contribution < -0.4 is 19.6 Å². The maximum atomic E-state index is 14.1. The van der Waals surface area contributed by atoms with E-state index >= 15 is 0 Å². The third kappa shape index (κ3) is 6.06. The van der Waals surface area contributed by atoms with Gasteiger partial charge in [0.1, 0.15) is 12.4 Å². The van der Waals surface area contributed by atoms with Gasteiger partial charge in [0.2, 0.25) is 0 Å². The van der Waals surface area contributed by atoms with Gasteiger partial charge in [0.05, 0.1) is 21.8 Å². The van der Waals surface area contributed by atoms with Crippen molar-refractivity contribution in [1.82, 2.24) is 9.47 Å². The number of para-hydroxylation sites is 1. The lowest BCUT2D eigenvalue weighted by molar-refractivity contribution is -0.127. The number of amides is 1. The highest BCUT2D eigenvalue weighted by atomic mass is 35.5. The van der Waals surface area contributed by atoms with E-state index < -0.39 is 6.04 Å². The van der Waals surface area contributed by atoms with E-state index in [0.29, 0.717) is 54.5 Å². The monoisotopic (exact) mass is 639 g/mol. The SMILES string of the molecule is CCN(CC)C(=O)C1=C(C)N=c2s/c(=C/c3ccccc3OCc3ccc(Cl)cc3Cl)c(=O)n2[C@H]1c1ccc(Cl)cc1. The number of rotatable bonds is 8. The van der Waals surface area contributed by atoms with E-state index in [4.69, 9.17) is 44.5 Å². The molecule has 0 bridgehead atoms. The Kier molecular flexibility index (Phi) is 9.23. The molecule has 2 heterocycles. The number of likely N-dealkylation sites (N-methyl/N-ethyl adjacent to an activating group) is 1. The van der Waals surface area contributed by atoms with Crippen LogP contribution in [0.2, 0.25) is 15.1 Å². The number of carbonyl (C=O) groups is 1. The van der Waals surface area contributed by atoms with Crippen LogP contribution in [-0.2, 0) is 11.4 Å². The summed E-state index contributed by atoms with van der Waals surface area (Å²) in [6.07, 6.45) is 1.80. The van der Waals surface area contributed by atoms with Crippen molar-refractivity contribution < 1.29 is 9.53 Å². The van der Waals surface area contributed by atoms with Crippen LogP contribution in [0.3, 0.4) is 0 Å². The van der Waals surface area contributed by atoms with Gasteiger partial charge in [-0.2, -0.15) is 0 Å². The number of hydrogen-bond acceptors (Lipinski definition) is 5. The minimum atomic E-state index is -0.646. The van der Waals surface area contributed by atoms with E-state index in [-0.39, 0.29) is 18.1 Å². The van der Waals surface area contributed by atoms with E-state index in [1.165, 1.54) is 11.3 Å². The molecule has 5 rings (SSSR count). The fourth-order valence-corrected chi connectivity index (χ4v) is 6.53. The van der Waals surface area contributed by atoms with Crippen LogP contribution in [0.25, 0.3) is 6.08 Å². The predicted octanol–water partition coefficient (Wildman–Crippen LogP) is 6.64. The Bertz CT molecular complexity index is 1860. The highest BCUT2D eigenvalue weighted by Crippen LogP contribution is 2.32. The molecule has 1 amide bonds. The summed E-state index contributed by atoms with van der Waals surface area (Å²) in [5.41, 5.74) is 3.11. The van der Waals surface area contributed by atoms with E-state index in [0.717, 1.165) is 16.7 Å². The van der Waals surface area contributed by atoms with Crippen molar-refractivity contribution in [3.63, 3.8) is 0 Å². The maximum absolute atomic E-state index is 14.1. The summed E-state index contributed by atoms with van der Waals surface area (Å²) < 4.78 is 8.20. The first-order chi connectivity index (χ1) is 20.2. The Morgan fingerprint density at radius 3 is 2.40 bits per heavy atom. The number of carbonyl (C=O) groups excluding carboxylic acids is 1. The summed E-state index contributed by atoms with van der Waals surface area (Å²) in [6, 6.07) is 19.3. The number of benzene rings is 3. The number of aromatic nitrogens is 1. The molecule has 0 aliphatic carbocycles. The number of halogens is 3. The van der Waals surface area contributed by atoms with Gasteiger partial charge in [-0.1, -0.05) is 82.5 Å². The molecule has 0 saturated heterocycles. The standard InChI is InChI=1S/C32H28Cl3N3O3S/c1-4-37(5-2)31(40)28-19(3)36-32-38(29(28)20-10-13-23(33)14-11-20)30(39)27(42-32)16-21-8-6-7-9-26(21)41-18-22-12-15-24(34)17-25(22)35/h6-17,29H,4-5,18H2,1-3H3/b27-16+/t29-/m0/s1. The second-order valence-corrected chi connectivity index (χ2v) is 12.0. The molecule has 4 aromatic rings. The number of hydrogen-bond donors (Lipinski definition) is 0. The molecule has 0 N–H and O–H groups in total. The average Bonchev–Trinajstić information content (AvgIpc) is 3.27. The maximum Gasteiger partial charge on any atom is 0.271 e. The summed E-state index contributed by atoms with van der Waals surface area (Å²) in [4.78, 5) is 34.8. The molecular weight excluding hydrogens is 613 g/mol. The molecule has 0 saturated carbocycles. The molecule has 216 valence electrons. The van der Waals surface area contributed by atoms with E-state index in [1.807, 2.05) is 63.2 Å². The largest absolute Gasteiger partial charge is 0.488 e. The van der Waals surface area contributed by atoms with E-state index in [9.17, 15) is 9.59 Å². The lowest BCUT2D eigenvalue weighted by Gasteiger charge is -2.29. The lowest BCUT2D eigenvalue weighted by Crippen LogP contribution is -2.43. The van der Waals surface area contributed by atoms with Crippen molar-refractivity contribution in [2.75, 3.05) is 13.1 Å². The molecule has 0 fully saturated rings. The topological polar surface area (TPSA) is 63.9 Å². The van der Waals surface area contributed by atoms with E-state index in [2.05, 4.69) is 0 Å². The zero-order valence-corrected chi connectivity index (χ0v) is 26.3. The Labute approximate surface area is 262 Å². The summed E-state index contributed by atoms with van der Waals surface area (Å²) in [7, 11) is 0. The molecule has 0 radical (unpaired) electrons. The van der Waals surface area contributed by atoms with Gasteiger partial charge >= 0.3 is 0 Å². The highest BCUT2D eigenvalue weighted by molar-refractivity contribution is 7.07. The van der Waals surface area contributed by atoms with Crippen LogP contribution in [0.4, 0.5) is 0 Å². The van der Waals surface area contributed by atoms with Crippen LogP contribution in [0, 0.1) is 0 Å². The minimum absolute atomic E-state index is 0.143. The average molecular weight is 641 g/mol. The van der Waals surface area contributed by atoms with Crippen molar-refractivity contribution in [1.29, 1.82) is 0 Å². The van der Waals surface area contributed by atoms with Crippen molar-refractivity contribution in [2.24, 2.45) is 4.99 Å². The third-order valence-electron chi connectivity index (χ3n) is 7.09. The Hall–Kier alpha value is -3.36. The van der Waals surface area contributed by atoms with Crippen molar-refractivity contribution in [3.05, 3.63) is 129 Å². The number of ether oxygens (including phenoxy) is 1. The summed E-state index contributed by atoms with van der Waals surface area (Å²) in [5, 5.41) is 1.63. The molecule has 42 heavy (non-hydrogen) atoms. The van der Waals surface area contributed by atoms with Gasteiger partial charge in [-0.15, -0.1) is 0 Å². The first kappa shape index (κ1) is 30.1. The van der Waals surface area contributed by atoms with Crippen molar-refractivity contribution in [3.8, 4) is 5.75 Å². The van der Waals surface area contributed by atoms with Gasteiger partial charge in [0.15, 0.2) is 4.80 Å². The Morgan fingerprint density at radius 1 is 1.02 bits per heavy atom. The zero-order valence-electron chi connectivity index (χ0n) is 23.2. The molecule has 6 nitrogen and oxygen atoms in total. The Balaban J connectivity index is 1.60. The molecule has 3 aromatic carbocycles. The molecule has 1 aliphatic rings. The number of nitrogens with zero attached hydrogens (tertiary/aromatic N) is 3. The normalized spacial score (nSPS) is 14.9. The minimum Gasteiger partial charge on any atom is -0.488 e. The van der Waals surface area contributed by atoms with Gasteiger partial charge in [-0.3, -0.25) is 14.2 Å². The fourth-order valence-electron chi connectivity index (χ4n) is 4.90. The van der Waals surface area contributed by atoms with Crippen LogP contribution in [0.1, 0.15) is 43.5 Å². The second kappa shape index (κ2) is 12.9. The van der Waals surface area contributed by atoms with Crippen molar-refractivity contribution >= 4 is 58.1 Å². The van der Waals surface area contributed by atoms with Gasteiger partial charge in [0.25, 0.3) is 11.5 Å². The zero-order chi connectivity index (χ0) is 30.0. The highest BCUT2D eigenvalue weighted by Gasteiger charge is 2.34. The molecule has 1 aliphatic heterocycles. The smallest absolute Gasteiger partial charge is 0.271 e. The van der Waals surface area contributed by atoms with Gasteiger partial charge < -0.3 is 9.64 Å². The number of allylic oxidation sites excluding steroid dienone is 1. The third-order valence-corrected chi connectivity index (χ3v) is 8.91. The molecule has 1 atom stereocenters. The first-order valence-electron chi connectivity index (χ1n) is 13.4. The first-order valence-corrected chi connectivity index (χ1v) is 15.4. The van der Waals surface area contributed by atoms with Gasteiger partial charge in [-0.05, 0) is 62.7 Å². The molecule has 0 unspecified atom stereocenters. The van der Waals surface area contributed by atoms with Gasteiger partial charge in [-0.25, -0.2) is 4.99 Å². The fraction of sp³-hybridized carbons (Fsp3) is 0.219. The summed E-state index contributed by atoms with van der Waals surface area (Å²) >= 11 is 19.8. The van der Waals surface area contributed by atoms with E-state index in [1.54, 1.807) is 39.8 Å².